The predicted molar refractivity (Wildman–Crippen MR) is 118 cm³/mol. The van der Waals surface area contributed by atoms with E-state index in [0.717, 1.165) is 25.1 Å². The Balaban J connectivity index is 1.47. The number of hydrogen-bond donors (Lipinski definition) is 1. The molecule has 2 aromatic rings. The lowest BCUT2D eigenvalue weighted by molar-refractivity contribution is -0.671. The molecule has 4 heteroatoms. The molecule has 2 rings (SSSR count). The number of methoxy groups -OCH3 is 1. The zero-order valence-electron chi connectivity index (χ0n) is 18.1. The molecule has 0 bridgehead atoms. The number of hydrogen-bond acceptors (Lipinski definition) is 2. The number of aromatic nitrogens is 1. The van der Waals surface area contributed by atoms with E-state index in [1.165, 1.54) is 75.1 Å². The third-order valence-electron chi connectivity index (χ3n) is 5.63. The van der Waals surface area contributed by atoms with Gasteiger partial charge in [-0.3, -0.25) is 4.79 Å². The lowest BCUT2D eigenvalue weighted by atomic mass is 10.0. The largest absolute Gasteiger partial charge is 0.497 e. The second kappa shape index (κ2) is 14.0. The highest BCUT2D eigenvalue weighted by atomic mass is 16.5. The highest BCUT2D eigenvalue weighted by Gasteiger charge is 2.08. The van der Waals surface area contributed by atoms with E-state index in [2.05, 4.69) is 35.0 Å². The molecule has 0 atom stereocenters. The number of carboxylic acid groups (broad SMARTS) is 1. The average molecular weight is 401 g/mol. The van der Waals surface area contributed by atoms with Crippen LogP contribution in [0.1, 0.15) is 83.5 Å². The van der Waals surface area contributed by atoms with Crippen molar-refractivity contribution in [1.29, 1.82) is 0 Å². The van der Waals surface area contributed by atoms with Crippen molar-refractivity contribution in [2.45, 2.75) is 90.0 Å². The number of ether oxygens (including phenoxy) is 1. The van der Waals surface area contributed by atoms with E-state index in [0.29, 0.717) is 6.42 Å². The van der Waals surface area contributed by atoms with E-state index in [1.807, 2.05) is 6.07 Å². The summed E-state index contributed by atoms with van der Waals surface area (Å²) in [7, 11) is 1.71. The van der Waals surface area contributed by atoms with Crippen LogP contribution in [0, 0.1) is 0 Å². The summed E-state index contributed by atoms with van der Waals surface area (Å²) < 4.78 is 7.68. The number of benzene rings is 1. The molecule has 1 heterocycles. The zero-order chi connectivity index (χ0) is 20.7. The second-order valence-electron chi connectivity index (χ2n) is 8.01. The predicted octanol–water partition coefficient (Wildman–Crippen LogP) is 6.29. The van der Waals surface area contributed by atoms with Crippen molar-refractivity contribution >= 4 is 16.9 Å². The topological polar surface area (TPSA) is 50.4 Å². The number of fused-ring (bicyclic) bond motifs is 1. The van der Waals surface area contributed by atoms with Crippen LogP contribution in [-0.4, -0.2) is 18.2 Å². The van der Waals surface area contributed by atoms with Gasteiger partial charge in [-0.05, 0) is 31.0 Å². The van der Waals surface area contributed by atoms with E-state index < -0.39 is 5.97 Å². The SMILES string of the molecule is COc1ccc2c(ccc[n+]2CCCCCCCCCCCCCCC(=O)O)c1. The summed E-state index contributed by atoms with van der Waals surface area (Å²) in [5, 5.41) is 9.83. The molecular formula is C25H38NO3+. The van der Waals surface area contributed by atoms with Gasteiger partial charge in [0.15, 0.2) is 6.20 Å². The van der Waals surface area contributed by atoms with Crippen LogP contribution in [0.15, 0.2) is 36.5 Å². The Morgan fingerprint density at radius 3 is 2.03 bits per heavy atom. The van der Waals surface area contributed by atoms with Gasteiger partial charge in [-0.15, -0.1) is 0 Å². The van der Waals surface area contributed by atoms with Gasteiger partial charge in [0.05, 0.1) is 12.5 Å². The third-order valence-corrected chi connectivity index (χ3v) is 5.63. The summed E-state index contributed by atoms with van der Waals surface area (Å²) in [5.41, 5.74) is 1.27. The Morgan fingerprint density at radius 1 is 0.862 bits per heavy atom. The fourth-order valence-electron chi connectivity index (χ4n) is 3.91. The Bertz CT molecular complexity index is 729. The van der Waals surface area contributed by atoms with Crippen LogP contribution >= 0.6 is 0 Å². The monoisotopic (exact) mass is 400 g/mol. The van der Waals surface area contributed by atoms with Gasteiger partial charge in [-0.1, -0.05) is 57.8 Å². The van der Waals surface area contributed by atoms with Crippen molar-refractivity contribution in [3.63, 3.8) is 0 Å². The molecule has 0 radical (unpaired) electrons. The minimum Gasteiger partial charge on any atom is -0.497 e. The number of pyridine rings is 1. The summed E-state index contributed by atoms with van der Waals surface area (Å²) in [6.45, 7) is 1.07. The molecule has 0 aliphatic carbocycles. The fourth-order valence-corrected chi connectivity index (χ4v) is 3.91. The lowest BCUT2D eigenvalue weighted by Crippen LogP contribution is -2.33. The molecular weight excluding hydrogens is 362 g/mol. The van der Waals surface area contributed by atoms with Crippen molar-refractivity contribution < 1.29 is 19.2 Å². The molecule has 0 fully saturated rings. The van der Waals surface area contributed by atoms with Gasteiger partial charge in [-0.2, -0.15) is 4.57 Å². The maximum absolute atomic E-state index is 10.4. The fraction of sp³-hybridized carbons (Fsp3) is 0.600. The van der Waals surface area contributed by atoms with Gasteiger partial charge in [0.2, 0.25) is 5.52 Å². The molecule has 0 unspecified atom stereocenters. The average Bonchev–Trinajstić information content (AvgIpc) is 2.73. The summed E-state index contributed by atoms with van der Waals surface area (Å²) >= 11 is 0. The Morgan fingerprint density at radius 2 is 1.45 bits per heavy atom. The molecule has 1 aromatic heterocycles. The first-order valence-corrected chi connectivity index (χ1v) is 11.4. The Kier molecular flexibility index (Phi) is 11.2. The number of aliphatic carboxylic acids is 1. The summed E-state index contributed by atoms with van der Waals surface area (Å²) in [4.78, 5) is 10.4. The molecule has 0 amide bonds. The molecule has 4 nitrogen and oxygen atoms in total. The second-order valence-corrected chi connectivity index (χ2v) is 8.01. The quantitative estimate of drug-likeness (QED) is 0.266. The molecule has 0 aliphatic rings. The van der Waals surface area contributed by atoms with Crippen LogP contribution in [0.25, 0.3) is 10.9 Å². The Labute approximate surface area is 175 Å². The molecule has 0 saturated carbocycles. The van der Waals surface area contributed by atoms with Crippen LogP contribution in [0.4, 0.5) is 0 Å². The smallest absolute Gasteiger partial charge is 0.303 e. The van der Waals surface area contributed by atoms with Crippen LogP contribution < -0.4 is 9.30 Å². The van der Waals surface area contributed by atoms with Crippen molar-refractivity contribution in [3.05, 3.63) is 36.5 Å². The maximum Gasteiger partial charge on any atom is 0.303 e. The molecule has 1 aromatic carbocycles. The van der Waals surface area contributed by atoms with Gasteiger partial charge in [0.25, 0.3) is 0 Å². The van der Waals surface area contributed by atoms with Gasteiger partial charge in [-0.25, -0.2) is 0 Å². The number of nitrogens with zero attached hydrogens (tertiary/aromatic N) is 1. The van der Waals surface area contributed by atoms with Crippen molar-refractivity contribution in [2.75, 3.05) is 7.11 Å². The minimum atomic E-state index is -0.665. The molecule has 29 heavy (non-hydrogen) atoms. The van der Waals surface area contributed by atoms with E-state index >= 15 is 0 Å². The minimum absolute atomic E-state index is 0.327. The van der Waals surface area contributed by atoms with E-state index in [-0.39, 0.29) is 0 Å². The molecule has 0 aliphatic heterocycles. The highest BCUT2D eigenvalue weighted by Crippen LogP contribution is 2.18. The van der Waals surface area contributed by atoms with Crippen LogP contribution in [0.2, 0.25) is 0 Å². The van der Waals surface area contributed by atoms with Crippen molar-refractivity contribution in [2.24, 2.45) is 0 Å². The molecule has 0 spiro atoms. The van der Waals surface area contributed by atoms with Crippen LogP contribution in [0.5, 0.6) is 5.75 Å². The first-order valence-electron chi connectivity index (χ1n) is 11.4. The molecule has 1 N–H and O–H groups in total. The molecule has 160 valence electrons. The maximum atomic E-state index is 10.4. The first-order chi connectivity index (χ1) is 14.2. The number of carbonyl (C=O) groups is 1. The normalized spacial score (nSPS) is 11.1. The third kappa shape index (κ3) is 9.29. The number of aryl methyl sites for hydroxylation is 1. The first kappa shape index (κ1) is 23.2. The summed E-state index contributed by atoms with van der Waals surface area (Å²) in [6.07, 6.45) is 17.4. The Hall–Kier alpha value is -2.10. The van der Waals surface area contributed by atoms with Gasteiger partial charge in [0, 0.05) is 25.0 Å². The van der Waals surface area contributed by atoms with E-state index in [4.69, 9.17) is 9.84 Å². The summed E-state index contributed by atoms with van der Waals surface area (Å²) in [5.74, 6) is 0.245. The zero-order valence-corrected chi connectivity index (χ0v) is 18.1. The number of carboxylic acids is 1. The van der Waals surface area contributed by atoms with Gasteiger partial charge in [0.1, 0.15) is 12.3 Å². The van der Waals surface area contributed by atoms with Crippen LogP contribution in [-0.2, 0) is 11.3 Å². The molecule has 0 saturated heterocycles. The van der Waals surface area contributed by atoms with Crippen molar-refractivity contribution in [3.8, 4) is 5.75 Å². The van der Waals surface area contributed by atoms with E-state index in [1.54, 1.807) is 7.11 Å². The van der Waals surface area contributed by atoms with Crippen LogP contribution in [0.3, 0.4) is 0 Å². The standard InChI is InChI=1S/C25H37NO3/c1-29-23-17-18-24-22(21-23)15-14-20-26(24)19-13-11-9-7-5-3-2-4-6-8-10-12-16-25(27)28/h14-15,17-18,20-21H,2-13,16,19H2,1H3/p+1. The number of unbranched alkanes of at least 4 members (excludes halogenated alkanes) is 11. The van der Waals surface area contributed by atoms with E-state index in [9.17, 15) is 4.79 Å². The summed E-state index contributed by atoms with van der Waals surface area (Å²) in [6, 6.07) is 10.6. The highest BCUT2D eigenvalue weighted by molar-refractivity contribution is 5.77. The van der Waals surface area contributed by atoms with Gasteiger partial charge >= 0.3 is 5.97 Å². The lowest BCUT2D eigenvalue weighted by Gasteiger charge is -2.04. The van der Waals surface area contributed by atoms with Crippen molar-refractivity contribution in [1.82, 2.24) is 0 Å². The number of rotatable bonds is 16. The van der Waals surface area contributed by atoms with Gasteiger partial charge < -0.3 is 9.84 Å².